The van der Waals surface area contributed by atoms with Gasteiger partial charge in [0.25, 0.3) is 0 Å². The molecule has 0 amide bonds. The number of aryl methyl sites for hydroxylation is 1. The van der Waals surface area contributed by atoms with Crippen LogP contribution in [0.3, 0.4) is 0 Å². The molecular weight excluding hydrogens is 386 g/mol. The van der Waals surface area contributed by atoms with Gasteiger partial charge in [0.05, 0.1) is 15.6 Å². The number of benzene rings is 2. The van der Waals surface area contributed by atoms with Crippen LogP contribution >= 0.6 is 11.3 Å². The SMILES string of the molecule is CCC(C)c1nc(-c2cccc(C)c2)c(-c2ccnc(NCc3ccccc3)c2)s1. The van der Waals surface area contributed by atoms with Gasteiger partial charge in [0.2, 0.25) is 0 Å². The Morgan fingerprint density at radius 2 is 1.80 bits per heavy atom. The minimum atomic E-state index is 0.449. The predicted octanol–water partition coefficient (Wildman–Crippen LogP) is 7.31. The third-order valence-electron chi connectivity index (χ3n) is 5.31. The third kappa shape index (κ3) is 4.60. The van der Waals surface area contributed by atoms with Crippen molar-refractivity contribution in [3.8, 4) is 21.7 Å². The first-order valence-corrected chi connectivity index (χ1v) is 11.3. The lowest BCUT2D eigenvalue weighted by Crippen LogP contribution is -2.01. The van der Waals surface area contributed by atoms with E-state index in [1.807, 2.05) is 12.3 Å². The Labute approximate surface area is 182 Å². The van der Waals surface area contributed by atoms with E-state index in [9.17, 15) is 0 Å². The van der Waals surface area contributed by atoms with Gasteiger partial charge in [-0.1, -0.05) is 67.9 Å². The molecule has 3 nitrogen and oxygen atoms in total. The van der Waals surface area contributed by atoms with Crippen LogP contribution in [0.15, 0.2) is 72.9 Å². The molecule has 0 aliphatic heterocycles. The van der Waals surface area contributed by atoms with E-state index in [1.165, 1.54) is 26.6 Å². The summed E-state index contributed by atoms with van der Waals surface area (Å²) in [6, 6.07) is 23.2. The highest BCUT2D eigenvalue weighted by Crippen LogP contribution is 2.40. The Hall–Kier alpha value is -2.98. The van der Waals surface area contributed by atoms with Crippen molar-refractivity contribution in [3.05, 3.63) is 89.1 Å². The molecule has 4 aromatic rings. The maximum Gasteiger partial charge on any atom is 0.126 e. The molecule has 0 bridgehead atoms. The highest BCUT2D eigenvalue weighted by Gasteiger charge is 2.18. The number of nitrogens with one attached hydrogen (secondary N) is 1. The molecule has 1 N–H and O–H groups in total. The molecule has 0 saturated carbocycles. The van der Waals surface area contributed by atoms with Crippen molar-refractivity contribution in [1.29, 1.82) is 0 Å². The zero-order valence-electron chi connectivity index (χ0n) is 17.7. The molecule has 1 atom stereocenters. The van der Waals surface area contributed by atoms with Gasteiger partial charge in [-0.3, -0.25) is 0 Å². The number of pyridine rings is 1. The van der Waals surface area contributed by atoms with Gasteiger partial charge in [0.1, 0.15) is 5.82 Å². The Morgan fingerprint density at radius 1 is 0.967 bits per heavy atom. The van der Waals surface area contributed by atoms with Gasteiger partial charge in [-0.2, -0.15) is 0 Å². The van der Waals surface area contributed by atoms with E-state index in [0.717, 1.165) is 30.0 Å². The van der Waals surface area contributed by atoms with Crippen molar-refractivity contribution < 1.29 is 0 Å². The summed E-state index contributed by atoms with van der Waals surface area (Å²) in [6.45, 7) is 7.35. The summed E-state index contributed by atoms with van der Waals surface area (Å²) in [7, 11) is 0. The molecule has 0 saturated heterocycles. The fraction of sp³-hybridized carbons (Fsp3) is 0.231. The third-order valence-corrected chi connectivity index (χ3v) is 6.64. The van der Waals surface area contributed by atoms with Crippen LogP contribution in [0.25, 0.3) is 21.7 Å². The summed E-state index contributed by atoms with van der Waals surface area (Å²) in [6.07, 6.45) is 2.96. The quantitative estimate of drug-likeness (QED) is 0.345. The van der Waals surface area contributed by atoms with Gasteiger partial charge in [0.15, 0.2) is 0 Å². The van der Waals surface area contributed by atoms with Crippen molar-refractivity contribution in [3.63, 3.8) is 0 Å². The Kier molecular flexibility index (Phi) is 6.24. The number of rotatable bonds is 7. The zero-order chi connectivity index (χ0) is 20.9. The van der Waals surface area contributed by atoms with Crippen LogP contribution in [0.5, 0.6) is 0 Å². The fourth-order valence-electron chi connectivity index (χ4n) is 3.36. The fourth-order valence-corrected chi connectivity index (χ4v) is 4.58. The zero-order valence-corrected chi connectivity index (χ0v) is 18.5. The summed E-state index contributed by atoms with van der Waals surface area (Å²) >= 11 is 1.80. The van der Waals surface area contributed by atoms with E-state index in [1.54, 1.807) is 11.3 Å². The molecule has 0 radical (unpaired) electrons. The van der Waals surface area contributed by atoms with Gasteiger partial charge in [-0.15, -0.1) is 11.3 Å². The first kappa shape index (κ1) is 20.3. The number of anilines is 1. The van der Waals surface area contributed by atoms with E-state index in [2.05, 4.69) is 91.7 Å². The Morgan fingerprint density at radius 3 is 2.57 bits per heavy atom. The van der Waals surface area contributed by atoms with Crippen LogP contribution in [0, 0.1) is 6.92 Å². The average molecular weight is 414 g/mol. The number of nitrogens with zero attached hydrogens (tertiary/aromatic N) is 2. The first-order valence-electron chi connectivity index (χ1n) is 10.5. The lowest BCUT2D eigenvalue weighted by molar-refractivity contribution is 0.727. The molecule has 0 aliphatic rings. The molecule has 1 unspecified atom stereocenters. The van der Waals surface area contributed by atoms with E-state index in [-0.39, 0.29) is 0 Å². The molecular formula is C26H27N3S. The van der Waals surface area contributed by atoms with Crippen molar-refractivity contribution >= 4 is 17.2 Å². The maximum absolute atomic E-state index is 5.07. The summed E-state index contributed by atoms with van der Waals surface area (Å²) in [5.41, 5.74) is 5.88. The highest BCUT2D eigenvalue weighted by atomic mass is 32.1. The lowest BCUT2D eigenvalue weighted by Gasteiger charge is -2.08. The van der Waals surface area contributed by atoms with Crippen molar-refractivity contribution in [2.24, 2.45) is 0 Å². The second kappa shape index (κ2) is 9.23. The maximum atomic E-state index is 5.07. The lowest BCUT2D eigenvalue weighted by atomic mass is 10.0. The van der Waals surface area contributed by atoms with Gasteiger partial charge in [-0.05, 0) is 42.7 Å². The molecule has 4 rings (SSSR count). The van der Waals surface area contributed by atoms with E-state index in [0.29, 0.717) is 5.92 Å². The summed E-state index contributed by atoms with van der Waals surface area (Å²) in [5.74, 6) is 1.33. The van der Waals surface area contributed by atoms with Gasteiger partial charge < -0.3 is 5.32 Å². The Balaban J connectivity index is 1.69. The number of aromatic nitrogens is 2. The number of thiazole rings is 1. The molecule has 4 heteroatoms. The molecule has 2 heterocycles. The molecule has 152 valence electrons. The number of hydrogen-bond donors (Lipinski definition) is 1. The normalized spacial score (nSPS) is 12.0. The minimum absolute atomic E-state index is 0.449. The number of hydrogen-bond acceptors (Lipinski definition) is 4. The molecule has 0 fully saturated rings. The van der Waals surface area contributed by atoms with Crippen LogP contribution in [-0.2, 0) is 6.54 Å². The summed E-state index contributed by atoms with van der Waals surface area (Å²) < 4.78 is 0. The molecule has 2 aromatic carbocycles. The van der Waals surface area contributed by atoms with Gasteiger partial charge in [0, 0.05) is 24.2 Å². The highest BCUT2D eigenvalue weighted by molar-refractivity contribution is 7.15. The van der Waals surface area contributed by atoms with Crippen LogP contribution in [0.1, 0.15) is 42.3 Å². The van der Waals surface area contributed by atoms with Crippen LogP contribution < -0.4 is 5.32 Å². The largest absolute Gasteiger partial charge is 0.366 e. The molecule has 0 spiro atoms. The van der Waals surface area contributed by atoms with Crippen LogP contribution in [0.4, 0.5) is 5.82 Å². The molecule has 2 aromatic heterocycles. The second-order valence-corrected chi connectivity index (χ2v) is 8.71. The standard InChI is InChI=1S/C26H27N3S/c1-4-19(3)26-29-24(21-12-8-9-18(2)15-21)25(30-26)22-13-14-27-23(16-22)28-17-20-10-6-5-7-11-20/h5-16,19H,4,17H2,1-3H3,(H,27,28). The molecule has 0 aliphatic carbocycles. The molecule has 30 heavy (non-hydrogen) atoms. The summed E-state index contributed by atoms with van der Waals surface area (Å²) in [4.78, 5) is 10.8. The minimum Gasteiger partial charge on any atom is -0.366 e. The average Bonchev–Trinajstić information content (AvgIpc) is 3.24. The summed E-state index contributed by atoms with van der Waals surface area (Å²) in [5, 5.41) is 4.65. The van der Waals surface area contributed by atoms with Crippen LogP contribution in [0.2, 0.25) is 0 Å². The topological polar surface area (TPSA) is 37.8 Å². The van der Waals surface area contributed by atoms with Crippen molar-refractivity contribution in [1.82, 2.24) is 9.97 Å². The van der Waals surface area contributed by atoms with Gasteiger partial charge >= 0.3 is 0 Å². The van der Waals surface area contributed by atoms with E-state index >= 15 is 0 Å². The van der Waals surface area contributed by atoms with Crippen molar-refractivity contribution in [2.75, 3.05) is 5.32 Å². The smallest absolute Gasteiger partial charge is 0.126 e. The second-order valence-electron chi connectivity index (χ2n) is 7.68. The van der Waals surface area contributed by atoms with Gasteiger partial charge in [-0.25, -0.2) is 9.97 Å². The van der Waals surface area contributed by atoms with Crippen molar-refractivity contribution in [2.45, 2.75) is 39.7 Å². The first-order chi connectivity index (χ1) is 14.6. The predicted molar refractivity (Wildman–Crippen MR) is 128 cm³/mol. The van der Waals surface area contributed by atoms with E-state index in [4.69, 9.17) is 4.98 Å². The van der Waals surface area contributed by atoms with Crippen LogP contribution in [-0.4, -0.2) is 9.97 Å². The Bertz CT molecular complexity index is 1120. The van der Waals surface area contributed by atoms with E-state index < -0.39 is 0 Å². The monoisotopic (exact) mass is 413 g/mol.